The molecule has 0 spiro atoms. The van der Waals surface area contributed by atoms with E-state index in [1.807, 2.05) is 6.92 Å². The number of carboxylic acids is 1. The summed E-state index contributed by atoms with van der Waals surface area (Å²) in [6.45, 7) is 1.95. The minimum absolute atomic E-state index is 0.229. The van der Waals surface area contributed by atoms with Gasteiger partial charge in [0.15, 0.2) is 0 Å². The van der Waals surface area contributed by atoms with Gasteiger partial charge in [0.2, 0.25) is 0 Å². The number of aromatic carboxylic acids is 1. The first-order chi connectivity index (χ1) is 9.08. The predicted octanol–water partition coefficient (Wildman–Crippen LogP) is 3.00. The Bertz CT molecular complexity index is 515. The largest absolute Gasteiger partial charge is 0.478 e. The summed E-state index contributed by atoms with van der Waals surface area (Å²) >= 11 is 0. The van der Waals surface area contributed by atoms with Crippen LogP contribution in [0.25, 0.3) is 0 Å². The van der Waals surface area contributed by atoms with Crippen LogP contribution in [0.3, 0.4) is 0 Å². The van der Waals surface area contributed by atoms with Crippen molar-refractivity contribution in [1.82, 2.24) is 0 Å². The Morgan fingerprint density at radius 2 is 2.05 bits per heavy atom. The molecule has 1 aliphatic rings. The van der Waals surface area contributed by atoms with Gasteiger partial charge in [0.25, 0.3) is 0 Å². The molecule has 4 heteroatoms. The Balaban J connectivity index is 2.57. The van der Waals surface area contributed by atoms with Gasteiger partial charge in [-0.2, -0.15) is 0 Å². The van der Waals surface area contributed by atoms with E-state index in [9.17, 15) is 14.7 Å². The van der Waals surface area contributed by atoms with Crippen LogP contribution in [0, 0.1) is 0 Å². The molecule has 0 aromatic heterocycles. The molecule has 0 aliphatic heterocycles. The highest BCUT2D eigenvalue weighted by atomic mass is 16.5. The lowest BCUT2D eigenvalue weighted by molar-refractivity contribution is 0.0600. The number of methoxy groups -OCH3 is 1. The number of hydrogen-bond acceptors (Lipinski definition) is 3. The van der Waals surface area contributed by atoms with Crippen LogP contribution in [-0.2, 0) is 11.2 Å². The van der Waals surface area contributed by atoms with E-state index in [4.69, 9.17) is 4.74 Å². The van der Waals surface area contributed by atoms with E-state index < -0.39 is 11.9 Å². The maximum Gasteiger partial charge on any atom is 0.337 e. The standard InChI is InChI=1S/C15H18O4/c1-3-11-12(9-5-4-6-9)7-10(15(18)19-2)8-13(11)14(16)17/h7-9H,3-6H2,1-2H3,(H,16,17). The number of esters is 1. The first-order valence-corrected chi connectivity index (χ1v) is 6.56. The zero-order valence-electron chi connectivity index (χ0n) is 11.2. The summed E-state index contributed by atoms with van der Waals surface area (Å²) in [6.07, 6.45) is 3.96. The van der Waals surface area contributed by atoms with Crippen molar-refractivity contribution in [1.29, 1.82) is 0 Å². The second-order valence-electron chi connectivity index (χ2n) is 4.87. The molecule has 1 aromatic carbocycles. The molecule has 19 heavy (non-hydrogen) atoms. The molecule has 0 bridgehead atoms. The van der Waals surface area contributed by atoms with E-state index >= 15 is 0 Å². The number of rotatable bonds is 4. The molecular weight excluding hydrogens is 244 g/mol. The lowest BCUT2D eigenvalue weighted by atomic mass is 9.76. The quantitative estimate of drug-likeness (QED) is 0.847. The average molecular weight is 262 g/mol. The van der Waals surface area contributed by atoms with Gasteiger partial charge in [-0.15, -0.1) is 0 Å². The summed E-state index contributed by atoms with van der Waals surface area (Å²) < 4.78 is 4.70. The first-order valence-electron chi connectivity index (χ1n) is 6.56. The van der Waals surface area contributed by atoms with Crippen LogP contribution in [0.4, 0.5) is 0 Å². The smallest absolute Gasteiger partial charge is 0.337 e. The van der Waals surface area contributed by atoms with E-state index in [1.165, 1.54) is 19.6 Å². The van der Waals surface area contributed by atoms with E-state index in [2.05, 4.69) is 0 Å². The summed E-state index contributed by atoms with van der Waals surface area (Å²) in [4.78, 5) is 23.0. The predicted molar refractivity (Wildman–Crippen MR) is 70.7 cm³/mol. The van der Waals surface area contributed by atoms with Gasteiger partial charge in [0.1, 0.15) is 0 Å². The van der Waals surface area contributed by atoms with Gasteiger partial charge in [0.05, 0.1) is 18.2 Å². The molecule has 0 saturated heterocycles. The van der Waals surface area contributed by atoms with Crippen molar-refractivity contribution in [2.24, 2.45) is 0 Å². The van der Waals surface area contributed by atoms with Gasteiger partial charge < -0.3 is 9.84 Å². The average Bonchev–Trinajstić information content (AvgIpc) is 2.34. The molecule has 1 aliphatic carbocycles. The fraction of sp³-hybridized carbons (Fsp3) is 0.467. The molecule has 1 N–H and O–H groups in total. The minimum Gasteiger partial charge on any atom is -0.478 e. The van der Waals surface area contributed by atoms with Crippen molar-refractivity contribution < 1.29 is 19.4 Å². The van der Waals surface area contributed by atoms with E-state index in [0.29, 0.717) is 17.9 Å². The number of carboxylic acid groups (broad SMARTS) is 1. The van der Waals surface area contributed by atoms with E-state index in [0.717, 1.165) is 24.0 Å². The van der Waals surface area contributed by atoms with Crippen molar-refractivity contribution in [2.75, 3.05) is 7.11 Å². The van der Waals surface area contributed by atoms with Crippen molar-refractivity contribution in [3.8, 4) is 0 Å². The molecular formula is C15H18O4. The van der Waals surface area contributed by atoms with E-state index in [1.54, 1.807) is 6.07 Å². The summed E-state index contributed by atoms with van der Waals surface area (Å²) in [6, 6.07) is 3.23. The van der Waals surface area contributed by atoms with Crippen LogP contribution in [0.5, 0.6) is 0 Å². The van der Waals surface area contributed by atoms with Gasteiger partial charge in [0, 0.05) is 0 Å². The molecule has 0 heterocycles. The Kier molecular flexibility index (Phi) is 3.88. The van der Waals surface area contributed by atoms with Gasteiger partial charge in [-0.3, -0.25) is 0 Å². The molecule has 0 atom stereocenters. The van der Waals surface area contributed by atoms with Crippen LogP contribution in [-0.4, -0.2) is 24.2 Å². The topological polar surface area (TPSA) is 63.6 Å². The minimum atomic E-state index is -0.983. The summed E-state index contributed by atoms with van der Waals surface area (Å²) in [5, 5.41) is 9.32. The Hall–Kier alpha value is -1.84. The van der Waals surface area contributed by atoms with Crippen molar-refractivity contribution in [3.05, 3.63) is 34.4 Å². The molecule has 0 unspecified atom stereocenters. The highest BCUT2D eigenvalue weighted by Crippen LogP contribution is 2.39. The molecule has 1 fully saturated rings. The second-order valence-corrected chi connectivity index (χ2v) is 4.87. The molecule has 0 amide bonds. The maximum atomic E-state index is 11.7. The highest BCUT2D eigenvalue weighted by Gasteiger charge is 2.26. The van der Waals surface area contributed by atoms with E-state index in [-0.39, 0.29) is 5.56 Å². The number of benzene rings is 1. The summed E-state index contributed by atoms with van der Waals surface area (Å²) in [7, 11) is 1.31. The van der Waals surface area contributed by atoms with Crippen molar-refractivity contribution in [2.45, 2.75) is 38.5 Å². The third-order valence-electron chi connectivity index (χ3n) is 3.83. The highest BCUT2D eigenvalue weighted by molar-refractivity contribution is 5.96. The van der Waals surface area contributed by atoms with Crippen LogP contribution >= 0.6 is 0 Å². The molecule has 0 radical (unpaired) electrons. The maximum absolute atomic E-state index is 11.7. The third-order valence-corrected chi connectivity index (χ3v) is 3.83. The van der Waals surface area contributed by atoms with Gasteiger partial charge in [-0.25, -0.2) is 9.59 Å². The Morgan fingerprint density at radius 3 is 2.47 bits per heavy atom. The zero-order valence-corrected chi connectivity index (χ0v) is 11.2. The first kappa shape index (κ1) is 13.6. The molecule has 1 aromatic rings. The Morgan fingerprint density at radius 1 is 1.37 bits per heavy atom. The lowest BCUT2D eigenvalue weighted by Gasteiger charge is -2.29. The number of ether oxygens (including phenoxy) is 1. The summed E-state index contributed by atoms with van der Waals surface area (Å²) in [5.74, 6) is -1.08. The van der Waals surface area contributed by atoms with Crippen LogP contribution < -0.4 is 0 Å². The number of hydrogen-bond donors (Lipinski definition) is 1. The second kappa shape index (κ2) is 5.43. The Labute approximate surface area is 112 Å². The fourth-order valence-electron chi connectivity index (χ4n) is 2.60. The van der Waals surface area contributed by atoms with Crippen LogP contribution in [0.15, 0.2) is 12.1 Å². The molecule has 2 rings (SSSR count). The molecule has 1 saturated carbocycles. The monoisotopic (exact) mass is 262 g/mol. The number of carbonyl (C=O) groups excluding carboxylic acids is 1. The lowest BCUT2D eigenvalue weighted by Crippen LogP contribution is -2.16. The third kappa shape index (κ3) is 2.48. The summed E-state index contributed by atoms with van der Waals surface area (Å²) in [5.41, 5.74) is 2.42. The van der Waals surface area contributed by atoms with Gasteiger partial charge in [-0.1, -0.05) is 13.3 Å². The molecule has 102 valence electrons. The van der Waals surface area contributed by atoms with Crippen molar-refractivity contribution >= 4 is 11.9 Å². The SMILES string of the molecule is CCc1c(C(=O)O)cc(C(=O)OC)cc1C1CCC1. The fourth-order valence-corrected chi connectivity index (χ4v) is 2.60. The zero-order chi connectivity index (χ0) is 14.0. The molecule has 4 nitrogen and oxygen atoms in total. The van der Waals surface area contributed by atoms with Crippen molar-refractivity contribution in [3.63, 3.8) is 0 Å². The van der Waals surface area contributed by atoms with Gasteiger partial charge >= 0.3 is 11.9 Å². The number of carbonyl (C=O) groups is 2. The van der Waals surface area contributed by atoms with Gasteiger partial charge in [-0.05, 0) is 48.4 Å². The van der Waals surface area contributed by atoms with Crippen LogP contribution in [0.1, 0.15) is 63.9 Å². The van der Waals surface area contributed by atoms with Crippen LogP contribution in [0.2, 0.25) is 0 Å². The normalized spacial score (nSPS) is 14.8.